The molecule has 0 aromatic heterocycles. The first-order chi connectivity index (χ1) is 13.8. The smallest absolute Gasteiger partial charge is 0.122 e. The summed E-state index contributed by atoms with van der Waals surface area (Å²) < 4.78 is 5.96. The van der Waals surface area contributed by atoms with Crippen molar-refractivity contribution >= 4 is 12.4 Å². The maximum Gasteiger partial charge on any atom is 0.122 e. The lowest BCUT2D eigenvalue weighted by Crippen LogP contribution is -2.25. The van der Waals surface area contributed by atoms with Crippen LogP contribution in [-0.2, 0) is 6.54 Å². The molecule has 3 nitrogen and oxygen atoms in total. The maximum absolute atomic E-state index is 9.23. The highest BCUT2D eigenvalue weighted by Crippen LogP contribution is 2.42. The number of hydrogen-bond acceptors (Lipinski definition) is 3. The number of benzene rings is 3. The molecule has 0 amide bonds. The standard InChI is InChI=1S/C25H22N2O.ClH/c26-13-19-8-11-25-23(12-19)24-16-27(15-22(24)17-28-25)14-18-6-9-21(10-7-18)20-4-2-1-3-5-20;/h1-12,22,24H,14-17H2;1H/t22-,24+;/m1./s1. The van der Waals surface area contributed by atoms with Crippen LogP contribution in [0.5, 0.6) is 5.75 Å². The summed E-state index contributed by atoms with van der Waals surface area (Å²) >= 11 is 0. The fourth-order valence-corrected chi connectivity index (χ4v) is 4.54. The molecule has 0 radical (unpaired) electrons. The zero-order chi connectivity index (χ0) is 18.9. The number of hydrogen-bond donors (Lipinski definition) is 0. The molecular weight excluding hydrogens is 380 g/mol. The third-order valence-electron chi connectivity index (χ3n) is 5.98. The Balaban J connectivity index is 0.00000205. The first-order valence-electron chi connectivity index (χ1n) is 9.84. The molecule has 2 aliphatic rings. The third-order valence-corrected chi connectivity index (χ3v) is 5.98. The van der Waals surface area contributed by atoms with Gasteiger partial charge in [0.15, 0.2) is 0 Å². The number of rotatable bonds is 3. The van der Waals surface area contributed by atoms with Crippen LogP contribution in [0.2, 0.25) is 0 Å². The molecule has 0 spiro atoms. The van der Waals surface area contributed by atoms with E-state index in [1.807, 2.05) is 24.3 Å². The lowest BCUT2D eigenvalue weighted by Gasteiger charge is -2.27. The van der Waals surface area contributed by atoms with Gasteiger partial charge in [0.1, 0.15) is 5.75 Å². The van der Waals surface area contributed by atoms with Gasteiger partial charge in [-0.2, -0.15) is 5.26 Å². The van der Waals surface area contributed by atoms with Gasteiger partial charge in [0.2, 0.25) is 0 Å². The second-order valence-electron chi connectivity index (χ2n) is 7.80. The SMILES string of the molecule is Cl.N#Cc1ccc2c(c1)[C@H]1CN(Cc3ccc(-c4ccccc4)cc3)C[C@@H]1CO2. The number of likely N-dealkylation sites (tertiary alicyclic amines) is 1. The van der Waals surface area contributed by atoms with Crippen molar-refractivity contribution in [3.63, 3.8) is 0 Å². The maximum atomic E-state index is 9.23. The molecular formula is C25H23ClN2O. The summed E-state index contributed by atoms with van der Waals surface area (Å²) in [5, 5.41) is 9.23. The average Bonchev–Trinajstić information content (AvgIpc) is 3.17. The van der Waals surface area contributed by atoms with Gasteiger partial charge in [-0.25, -0.2) is 0 Å². The van der Waals surface area contributed by atoms with Crippen LogP contribution >= 0.6 is 12.4 Å². The van der Waals surface area contributed by atoms with E-state index in [1.54, 1.807) is 0 Å². The molecule has 3 aromatic carbocycles. The van der Waals surface area contributed by atoms with E-state index in [0.29, 0.717) is 11.8 Å². The van der Waals surface area contributed by atoms with Gasteiger partial charge < -0.3 is 4.74 Å². The predicted octanol–water partition coefficient (Wildman–Crippen LogP) is 5.26. The summed E-state index contributed by atoms with van der Waals surface area (Å²) in [7, 11) is 0. The molecule has 0 aliphatic carbocycles. The first kappa shape index (κ1) is 19.5. The predicted molar refractivity (Wildman–Crippen MR) is 117 cm³/mol. The molecule has 2 aliphatic heterocycles. The summed E-state index contributed by atoms with van der Waals surface area (Å²) in [5.41, 5.74) is 5.77. The Morgan fingerprint density at radius 3 is 2.45 bits per heavy atom. The molecule has 4 heteroatoms. The fraction of sp³-hybridized carbons (Fsp3) is 0.240. The largest absolute Gasteiger partial charge is 0.493 e. The molecule has 2 atom stereocenters. The monoisotopic (exact) mass is 402 g/mol. The lowest BCUT2D eigenvalue weighted by molar-refractivity contribution is 0.212. The van der Waals surface area contributed by atoms with Gasteiger partial charge >= 0.3 is 0 Å². The van der Waals surface area contributed by atoms with Crippen LogP contribution in [0.25, 0.3) is 11.1 Å². The zero-order valence-electron chi connectivity index (χ0n) is 16.1. The van der Waals surface area contributed by atoms with Crippen LogP contribution in [0, 0.1) is 17.2 Å². The summed E-state index contributed by atoms with van der Waals surface area (Å²) in [6.45, 7) is 3.79. The third kappa shape index (κ3) is 3.87. The van der Waals surface area contributed by atoms with E-state index in [1.165, 1.54) is 22.3 Å². The number of nitrogens with zero attached hydrogens (tertiary/aromatic N) is 2. The van der Waals surface area contributed by atoms with Gasteiger partial charge in [-0.1, -0.05) is 54.6 Å². The van der Waals surface area contributed by atoms with E-state index >= 15 is 0 Å². The van der Waals surface area contributed by atoms with E-state index in [9.17, 15) is 5.26 Å². The lowest BCUT2D eigenvalue weighted by atomic mass is 9.86. The molecule has 3 aromatic rings. The van der Waals surface area contributed by atoms with Crippen molar-refractivity contribution in [1.29, 1.82) is 5.26 Å². The molecule has 0 bridgehead atoms. The summed E-state index contributed by atoms with van der Waals surface area (Å²) in [5.74, 6) is 1.92. The Hall–Kier alpha value is -2.80. The van der Waals surface area contributed by atoms with E-state index in [2.05, 4.69) is 59.5 Å². The molecule has 2 heterocycles. The topological polar surface area (TPSA) is 36.3 Å². The van der Waals surface area contributed by atoms with Crippen molar-refractivity contribution in [3.8, 4) is 22.9 Å². The normalized spacial score (nSPS) is 20.0. The molecule has 0 N–H and O–H groups in total. The van der Waals surface area contributed by atoms with Crippen LogP contribution in [0.4, 0.5) is 0 Å². The van der Waals surface area contributed by atoms with Crippen LogP contribution in [0.3, 0.4) is 0 Å². The van der Waals surface area contributed by atoms with Crippen molar-refractivity contribution in [1.82, 2.24) is 4.90 Å². The molecule has 146 valence electrons. The molecule has 5 rings (SSSR count). The van der Waals surface area contributed by atoms with Crippen molar-refractivity contribution in [3.05, 3.63) is 89.5 Å². The van der Waals surface area contributed by atoms with Crippen molar-refractivity contribution in [2.75, 3.05) is 19.7 Å². The second-order valence-corrected chi connectivity index (χ2v) is 7.80. The van der Waals surface area contributed by atoms with E-state index in [0.717, 1.165) is 37.6 Å². The van der Waals surface area contributed by atoms with Crippen LogP contribution in [-0.4, -0.2) is 24.6 Å². The van der Waals surface area contributed by atoms with Gasteiger partial charge in [-0.15, -0.1) is 12.4 Å². The Bertz CT molecular complexity index is 1030. The van der Waals surface area contributed by atoms with Crippen LogP contribution in [0.15, 0.2) is 72.8 Å². The van der Waals surface area contributed by atoms with E-state index in [-0.39, 0.29) is 12.4 Å². The minimum atomic E-state index is 0. The van der Waals surface area contributed by atoms with Gasteiger partial charge in [-0.05, 0) is 34.9 Å². The zero-order valence-corrected chi connectivity index (χ0v) is 16.9. The number of ether oxygens (including phenoxy) is 1. The van der Waals surface area contributed by atoms with Gasteiger partial charge in [-0.3, -0.25) is 4.90 Å². The minimum absolute atomic E-state index is 0. The highest BCUT2D eigenvalue weighted by molar-refractivity contribution is 5.85. The average molecular weight is 403 g/mol. The van der Waals surface area contributed by atoms with Gasteiger partial charge in [0.05, 0.1) is 18.2 Å². The first-order valence-corrected chi connectivity index (χ1v) is 9.84. The van der Waals surface area contributed by atoms with Crippen LogP contribution < -0.4 is 4.74 Å². The number of halogens is 1. The molecule has 0 saturated carbocycles. The number of fused-ring (bicyclic) bond motifs is 3. The summed E-state index contributed by atoms with van der Waals surface area (Å²) in [6, 6.07) is 27.5. The van der Waals surface area contributed by atoms with Crippen molar-refractivity contribution in [2.24, 2.45) is 5.92 Å². The Labute approximate surface area is 178 Å². The Morgan fingerprint density at radius 1 is 0.931 bits per heavy atom. The van der Waals surface area contributed by atoms with Crippen molar-refractivity contribution < 1.29 is 4.74 Å². The highest BCUT2D eigenvalue weighted by atomic mass is 35.5. The number of nitriles is 1. The molecule has 29 heavy (non-hydrogen) atoms. The Morgan fingerprint density at radius 2 is 1.69 bits per heavy atom. The van der Waals surface area contributed by atoms with Crippen LogP contribution in [0.1, 0.15) is 22.6 Å². The van der Waals surface area contributed by atoms with E-state index in [4.69, 9.17) is 4.74 Å². The summed E-state index contributed by atoms with van der Waals surface area (Å²) in [6.07, 6.45) is 0. The Kier molecular flexibility index (Phi) is 5.58. The molecule has 0 unspecified atom stereocenters. The highest BCUT2D eigenvalue weighted by Gasteiger charge is 2.38. The van der Waals surface area contributed by atoms with Crippen molar-refractivity contribution in [2.45, 2.75) is 12.5 Å². The quantitative estimate of drug-likeness (QED) is 0.599. The molecule has 1 saturated heterocycles. The second kappa shape index (κ2) is 8.29. The van der Waals surface area contributed by atoms with E-state index < -0.39 is 0 Å². The van der Waals surface area contributed by atoms with Gasteiger partial charge in [0.25, 0.3) is 0 Å². The van der Waals surface area contributed by atoms with Gasteiger partial charge in [0, 0.05) is 37.0 Å². The fourth-order valence-electron chi connectivity index (χ4n) is 4.54. The molecule has 1 fully saturated rings. The summed E-state index contributed by atoms with van der Waals surface area (Å²) in [4.78, 5) is 2.52. The minimum Gasteiger partial charge on any atom is -0.493 e.